The number of esters is 1. The maximum atomic E-state index is 11.3. The average molecular weight is 288 g/mol. The first-order valence-electron chi connectivity index (χ1n) is 4.04. The van der Waals surface area contributed by atoms with Crippen LogP contribution in [0.15, 0.2) is 18.2 Å². The Labute approximate surface area is 98.5 Å². The smallest absolute Gasteiger partial charge is 0.338 e. The highest BCUT2D eigenvalue weighted by molar-refractivity contribution is 9.18. The lowest BCUT2D eigenvalue weighted by atomic mass is 10.1. The van der Waals surface area contributed by atoms with Crippen molar-refractivity contribution in [2.75, 3.05) is 7.11 Å². The Morgan fingerprint density at radius 1 is 1.44 bits per heavy atom. The summed E-state index contributed by atoms with van der Waals surface area (Å²) in [5.74, 6) is -0.800. The van der Waals surface area contributed by atoms with E-state index < -0.39 is 21.3 Å². The van der Waals surface area contributed by atoms with Gasteiger partial charge in [-0.05, 0) is 22.0 Å². The molecule has 1 aromatic carbocycles. The summed E-state index contributed by atoms with van der Waals surface area (Å²) in [5.41, 5.74) is -0.886. The molecule has 0 saturated carbocycles. The zero-order valence-corrected chi connectivity index (χ0v) is 9.68. The number of hydrogen-bond acceptors (Lipinski definition) is 5. The largest absolute Gasteiger partial charge is 0.465 e. The molecule has 7 heteroatoms. The van der Waals surface area contributed by atoms with E-state index in [0.29, 0.717) is 0 Å². The highest BCUT2D eigenvalue weighted by Crippen LogP contribution is 2.25. The standard InChI is InChI=1S/C9H6BrNO5/c1-16-9(13)5-3-2-4-6(11(14)15)7(5)8(10)12/h2-4H,1H3. The number of carbonyl (C=O) groups is 2. The molecule has 0 spiro atoms. The third-order valence-electron chi connectivity index (χ3n) is 1.84. The summed E-state index contributed by atoms with van der Waals surface area (Å²) < 4.78 is 3.69. The van der Waals surface area contributed by atoms with Gasteiger partial charge in [-0.2, -0.15) is 0 Å². The Balaban J connectivity index is 3.51. The van der Waals surface area contributed by atoms with Crippen LogP contribution in [-0.2, 0) is 4.74 Å². The Morgan fingerprint density at radius 3 is 2.50 bits per heavy atom. The fourth-order valence-corrected chi connectivity index (χ4v) is 1.60. The van der Waals surface area contributed by atoms with Crippen LogP contribution in [0.2, 0.25) is 0 Å². The second-order valence-corrected chi connectivity index (χ2v) is 3.44. The third kappa shape index (κ3) is 2.25. The third-order valence-corrected chi connectivity index (χ3v) is 2.24. The molecule has 84 valence electrons. The Hall–Kier alpha value is -1.76. The first-order valence-corrected chi connectivity index (χ1v) is 4.84. The minimum absolute atomic E-state index is 0.140. The quantitative estimate of drug-likeness (QED) is 0.367. The van der Waals surface area contributed by atoms with Gasteiger partial charge in [0.05, 0.1) is 17.6 Å². The van der Waals surface area contributed by atoms with Crippen molar-refractivity contribution in [3.8, 4) is 0 Å². The van der Waals surface area contributed by atoms with Gasteiger partial charge in [-0.25, -0.2) is 4.79 Å². The van der Waals surface area contributed by atoms with Gasteiger partial charge in [0.1, 0.15) is 5.56 Å². The minimum atomic E-state index is -0.800. The second kappa shape index (κ2) is 4.84. The van der Waals surface area contributed by atoms with Crippen LogP contribution in [0.25, 0.3) is 0 Å². The van der Waals surface area contributed by atoms with E-state index in [2.05, 4.69) is 20.7 Å². The molecule has 0 aromatic heterocycles. The second-order valence-electron chi connectivity index (χ2n) is 2.72. The molecule has 0 unspecified atom stereocenters. The summed E-state index contributed by atoms with van der Waals surface area (Å²) in [7, 11) is 1.13. The van der Waals surface area contributed by atoms with E-state index in [9.17, 15) is 19.7 Å². The van der Waals surface area contributed by atoms with Crippen molar-refractivity contribution in [1.29, 1.82) is 0 Å². The Morgan fingerprint density at radius 2 is 2.06 bits per heavy atom. The maximum absolute atomic E-state index is 11.3. The molecule has 1 aromatic rings. The maximum Gasteiger partial charge on any atom is 0.338 e. The van der Waals surface area contributed by atoms with E-state index in [4.69, 9.17) is 0 Å². The fourth-order valence-electron chi connectivity index (χ4n) is 1.18. The van der Waals surface area contributed by atoms with Gasteiger partial charge in [0.25, 0.3) is 5.69 Å². The predicted molar refractivity (Wildman–Crippen MR) is 57.7 cm³/mol. The van der Waals surface area contributed by atoms with E-state index in [1.807, 2.05) is 0 Å². The van der Waals surface area contributed by atoms with Crippen LogP contribution < -0.4 is 0 Å². The van der Waals surface area contributed by atoms with Gasteiger partial charge >= 0.3 is 5.97 Å². The SMILES string of the molecule is COC(=O)c1cccc([N+](=O)[O-])c1C(=O)Br. The molecule has 1 rings (SSSR count). The number of carbonyl (C=O) groups excluding carboxylic acids is 2. The van der Waals surface area contributed by atoms with Crippen LogP contribution in [0.5, 0.6) is 0 Å². The van der Waals surface area contributed by atoms with E-state index >= 15 is 0 Å². The number of hydrogen-bond donors (Lipinski definition) is 0. The molecule has 0 fully saturated rings. The van der Waals surface area contributed by atoms with Gasteiger partial charge in [0.2, 0.25) is 4.69 Å². The van der Waals surface area contributed by atoms with E-state index in [-0.39, 0.29) is 11.1 Å². The summed E-state index contributed by atoms with van der Waals surface area (Å²) in [6.07, 6.45) is 0. The number of rotatable bonds is 3. The molecule has 0 atom stereocenters. The van der Waals surface area contributed by atoms with E-state index in [0.717, 1.165) is 13.2 Å². The average Bonchev–Trinajstić information content (AvgIpc) is 2.26. The number of nitrogens with zero attached hydrogens (tertiary/aromatic N) is 1. The zero-order valence-electron chi connectivity index (χ0n) is 8.10. The van der Waals surface area contributed by atoms with Gasteiger partial charge in [-0.3, -0.25) is 14.9 Å². The van der Waals surface area contributed by atoms with Gasteiger partial charge in [-0.1, -0.05) is 6.07 Å². The first-order chi connectivity index (χ1) is 7.49. The van der Waals surface area contributed by atoms with Crippen molar-refractivity contribution in [2.24, 2.45) is 0 Å². The molecule has 0 saturated heterocycles. The summed E-state index contributed by atoms with van der Waals surface area (Å²) in [6, 6.07) is 3.73. The summed E-state index contributed by atoms with van der Waals surface area (Å²) in [5, 5.41) is 10.7. The molecule has 0 bridgehead atoms. The van der Waals surface area contributed by atoms with Crippen molar-refractivity contribution in [3.63, 3.8) is 0 Å². The normalized spacial score (nSPS) is 9.62. The number of benzene rings is 1. The van der Waals surface area contributed by atoms with Gasteiger partial charge in [-0.15, -0.1) is 0 Å². The number of nitro benzene ring substituents is 1. The van der Waals surface area contributed by atoms with Crippen LogP contribution in [0.1, 0.15) is 20.7 Å². The summed E-state index contributed by atoms with van der Waals surface area (Å²) in [4.78, 5) is 32.4. The molecule has 0 aliphatic carbocycles. The van der Waals surface area contributed by atoms with Crippen LogP contribution in [-0.4, -0.2) is 22.7 Å². The molecule has 16 heavy (non-hydrogen) atoms. The zero-order chi connectivity index (χ0) is 12.3. The lowest BCUT2D eigenvalue weighted by Crippen LogP contribution is -2.09. The molecule has 0 N–H and O–H groups in total. The lowest BCUT2D eigenvalue weighted by molar-refractivity contribution is -0.385. The van der Waals surface area contributed by atoms with E-state index in [1.165, 1.54) is 12.1 Å². The van der Waals surface area contributed by atoms with Crippen molar-refractivity contribution in [3.05, 3.63) is 39.4 Å². The number of halogens is 1. The lowest BCUT2D eigenvalue weighted by Gasteiger charge is -2.04. The number of ether oxygens (including phenoxy) is 1. The summed E-state index contributed by atoms with van der Waals surface area (Å²) in [6.45, 7) is 0. The van der Waals surface area contributed by atoms with Crippen molar-refractivity contribution < 1.29 is 19.2 Å². The van der Waals surface area contributed by atoms with Crippen molar-refractivity contribution in [2.45, 2.75) is 0 Å². The Kier molecular flexibility index (Phi) is 3.73. The van der Waals surface area contributed by atoms with Gasteiger partial charge in [0, 0.05) is 6.07 Å². The highest BCUT2D eigenvalue weighted by Gasteiger charge is 2.25. The minimum Gasteiger partial charge on any atom is -0.465 e. The Bertz CT molecular complexity index is 471. The highest BCUT2D eigenvalue weighted by atomic mass is 79.9. The van der Waals surface area contributed by atoms with Crippen molar-refractivity contribution >= 4 is 32.3 Å². The molecule has 0 radical (unpaired) electrons. The van der Waals surface area contributed by atoms with Gasteiger partial charge < -0.3 is 4.74 Å². The predicted octanol–water partition coefficient (Wildman–Crippen LogP) is 1.92. The first kappa shape index (κ1) is 12.3. The topological polar surface area (TPSA) is 86.5 Å². The fraction of sp³-hybridized carbons (Fsp3) is 0.111. The van der Waals surface area contributed by atoms with Crippen LogP contribution in [0.4, 0.5) is 5.69 Å². The molecule has 0 aliphatic rings. The van der Waals surface area contributed by atoms with Crippen LogP contribution in [0.3, 0.4) is 0 Å². The number of nitro groups is 1. The molecule has 0 heterocycles. The summed E-state index contributed by atoms with van der Waals surface area (Å²) >= 11 is 2.60. The monoisotopic (exact) mass is 287 g/mol. The van der Waals surface area contributed by atoms with Gasteiger partial charge in [0.15, 0.2) is 0 Å². The van der Waals surface area contributed by atoms with Crippen LogP contribution in [0, 0.1) is 10.1 Å². The molecule has 0 amide bonds. The number of methoxy groups -OCH3 is 1. The van der Waals surface area contributed by atoms with Crippen molar-refractivity contribution in [1.82, 2.24) is 0 Å². The van der Waals surface area contributed by atoms with Crippen LogP contribution >= 0.6 is 15.9 Å². The molecule has 0 aliphatic heterocycles. The van der Waals surface area contributed by atoms with E-state index in [1.54, 1.807) is 0 Å². The molecular weight excluding hydrogens is 282 g/mol. The molecular formula is C9H6BrNO5. The molecule has 6 nitrogen and oxygen atoms in total.